The Morgan fingerprint density at radius 2 is 2.00 bits per heavy atom. The molecule has 1 saturated heterocycles. The molecule has 6 nitrogen and oxygen atoms in total. The molecule has 0 N–H and O–H groups in total. The Morgan fingerprint density at radius 3 is 2.73 bits per heavy atom. The van der Waals surface area contributed by atoms with Crippen LogP contribution in [0, 0.1) is 6.92 Å². The molecular formula is C16H22N6. The minimum Gasteiger partial charge on any atom is -0.332 e. The average Bonchev–Trinajstić information content (AvgIpc) is 2.99. The highest BCUT2D eigenvalue weighted by Gasteiger charge is 2.31. The van der Waals surface area contributed by atoms with E-state index in [1.54, 1.807) is 12.4 Å². The maximum Gasteiger partial charge on any atom is 0.225 e. The minimum atomic E-state index is 0.235. The molecule has 0 aliphatic carbocycles. The first kappa shape index (κ1) is 14.8. The summed E-state index contributed by atoms with van der Waals surface area (Å²) in [5, 5.41) is 0. The lowest BCUT2D eigenvalue weighted by Crippen LogP contribution is -2.27. The smallest absolute Gasteiger partial charge is 0.225 e. The van der Waals surface area contributed by atoms with Crippen molar-refractivity contribution >= 4 is 5.95 Å². The zero-order valence-electron chi connectivity index (χ0n) is 13.4. The van der Waals surface area contributed by atoms with Gasteiger partial charge in [0.05, 0.1) is 11.7 Å². The highest BCUT2D eigenvalue weighted by Crippen LogP contribution is 2.34. The number of anilines is 1. The predicted molar refractivity (Wildman–Crippen MR) is 85.5 cm³/mol. The van der Waals surface area contributed by atoms with Crippen molar-refractivity contribution in [2.75, 3.05) is 25.5 Å². The molecule has 0 radical (unpaired) electrons. The molecule has 1 aliphatic rings. The van der Waals surface area contributed by atoms with Crippen LogP contribution >= 0.6 is 0 Å². The van der Waals surface area contributed by atoms with Crippen LogP contribution in [0.5, 0.6) is 0 Å². The van der Waals surface area contributed by atoms with Crippen molar-refractivity contribution < 1.29 is 0 Å². The van der Waals surface area contributed by atoms with Gasteiger partial charge < -0.3 is 9.80 Å². The highest BCUT2D eigenvalue weighted by molar-refractivity contribution is 5.38. The van der Waals surface area contributed by atoms with E-state index in [0.29, 0.717) is 0 Å². The molecule has 22 heavy (non-hydrogen) atoms. The molecule has 1 atom stereocenters. The Kier molecular flexibility index (Phi) is 4.29. The van der Waals surface area contributed by atoms with Gasteiger partial charge in [0.25, 0.3) is 0 Å². The minimum absolute atomic E-state index is 0.235. The van der Waals surface area contributed by atoms with Crippen LogP contribution < -0.4 is 4.90 Å². The molecule has 0 spiro atoms. The van der Waals surface area contributed by atoms with Gasteiger partial charge in [0, 0.05) is 37.2 Å². The molecule has 0 unspecified atom stereocenters. The third kappa shape index (κ3) is 3.06. The predicted octanol–water partition coefficient (Wildman–Crippen LogP) is 1.98. The van der Waals surface area contributed by atoms with Gasteiger partial charge in [-0.05, 0) is 39.9 Å². The normalized spacial score (nSPS) is 18.2. The average molecular weight is 298 g/mol. The quantitative estimate of drug-likeness (QED) is 0.860. The number of aryl methyl sites for hydroxylation is 1. The lowest BCUT2D eigenvalue weighted by Gasteiger charge is -2.26. The highest BCUT2D eigenvalue weighted by atomic mass is 15.3. The summed E-state index contributed by atoms with van der Waals surface area (Å²) in [5.74, 6) is 1.61. The molecule has 0 saturated carbocycles. The van der Waals surface area contributed by atoms with Crippen LogP contribution in [0.3, 0.4) is 0 Å². The molecule has 6 heteroatoms. The standard InChI is InChI=1S/C16H22N6/c1-12-19-10-13(11-21(2)3)15(20-12)14-6-4-9-22(14)16-17-7-5-8-18-16/h5,7-8,10,14H,4,6,9,11H2,1-3H3/t14-/m0/s1. The Morgan fingerprint density at radius 1 is 1.23 bits per heavy atom. The Bertz CT molecular complexity index is 628. The second-order valence-corrected chi connectivity index (χ2v) is 5.97. The van der Waals surface area contributed by atoms with Gasteiger partial charge in [0.1, 0.15) is 5.82 Å². The van der Waals surface area contributed by atoms with E-state index in [-0.39, 0.29) is 6.04 Å². The molecule has 0 bridgehead atoms. The van der Waals surface area contributed by atoms with Crippen LogP contribution in [0.4, 0.5) is 5.95 Å². The van der Waals surface area contributed by atoms with Crippen molar-refractivity contribution in [3.05, 3.63) is 41.7 Å². The number of nitrogens with zero attached hydrogens (tertiary/aromatic N) is 6. The van der Waals surface area contributed by atoms with Gasteiger partial charge >= 0.3 is 0 Å². The SMILES string of the molecule is Cc1ncc(CN(C)C)c([C@@H]2CCCN2c2ncccn2)n1. The van der Waals surface area contributed by atoms with Crippen molar-refractivity contribution in [2.24, 2.45) is 0 Å². The van der Waals surface area contributed by atoms with Crippen LogP contribution in [0.15, 0.2) is 24.7 Å². The molecule has 0 amide bonds. The van der Waals surface area contributed by atoms with Gasteiger partial charge in [-0.1, -0.05) is 0 Å². The van der Waals surface area contributed by atoms with Gasteiger partial charge in [-0.25, -0.2) is 19.9 Å². The Hall–Kier alpha value is -2.08. The molecule has 2 aromatic heterocycles. The van der Waals surface area contributed by atoms with Crippen LogP contribution in [-0.2, 0) is 6.54 Å². The summed E-state index contributed by atoms with van der Waals surface area (Å²) in [6, 6.07) is 2.08. The number of rotatable bonds is 4. The van der Waals surface area contributed by atoms with E-state index in [1.807, 2.05) is 19.2 Å². The topological polar surface area (TPSA) is 58.0 Å². The van der Waals surface area contributed by atoms with Crippen LogP contribution in [0.25, 0.3) is 0 Å². The fourth-order valence-corrected chi connectivity index (χ4v) is 2.99. The lowest BCUT2D eigenvalue weighted by atomic mass is 10.1. The van der Waals surface area contributed by atoms with Crippen LogP contribution in [0.2, 0.25) is 0 Å². The summed E-state index contributed by atoms with van der Waals surface area (Å²) in [7, 11) is 4.13. The second kappa shape index (κ2) is 6.36. The van der Waals surface area contributed by atoms with Crippen molar-refractivity contribution in [2.45, 2.75) is 32.4 Å². The van der Waals surface area contributed by atoms with E-state index in [1.165, 1.54) is 5.56 Å². The summed E-state index contributed by atoms with van der Waals surface area (Å²) in [6.45, 7) is 3.76. The molecule has 1 aliphatic heterocycles. The van der Waals surface area contributed by atoms with Crippen molar-refractivity contribution in [1.82, 2.24) is 24.8 Å². The molecule has 1 fully saturated rings. The Labute approximate surface area is 131 Å². The molecule has 2 aromatic rings. The van der Waals surface area contributed by atoms with E-state index in [9.17, 15) is 0 Å². The summed E-state index contributed by atoms with van der Waals surface area (Å²) in [6.07, 6.45) is 7.76. The zero-order valence-corrected chi connectivity index (χ0v) is 13.4. The van der Waals surface area contributed by atoms with Crippen molar-refractivity contribution in [3.63, 3.8) is 0 Å². The first-order valence-corrected chi connectivity index (χ1v) is 7.66. The Balaban J connectivity index is 1.97. The summed E-state index contributed by atoms with van der Waals surface area (Å²) in [4.78, 5) is 22.4. The maximum atomic E-state index is 4.75. The summed E-state index contributed by atoms with van der Waals surface area (Å²) in [5.41, 5.74) is 2.30. The fraction of sp³-hybridized carbons (Fsp3) is 0.500. The van der Waals surface area contributed by atoms with Gasteiger partial charge in [0.2, 0.25) is 5.95 Å². The van der Waals surface area contributed by atoms with Gasteiger partial charge in [-0.3, -0.25) is 0 Å². The van der Waals surface area contributed by atoms with E-state index in [0.717, 1.165) is 43.4 Å². The van der Waals surface area contributed by atoms with E-state index >= 15 is 0 Å². The van der Waals surface area contributed by atoms with Crippen LogP contribution in [-0.4, -0.2) is 45.5 Å². The fourth-order valence-electron chi connectivity index (χ4n) is 2.99. The van der Waals surface area contributed by atoms with Gasteiger partial charge in [-0.15, -0.1) is 0 Å². The first-order valence-electron chi connectivity index (χ1n) is 7.66. The molecule has 116 valence electrons. The number of hydrogen-bond acceptors (Lipinski definition) is 6. The molecular weight excluding hydrogens is 276 g/mol. The zero-order chi connectivity index (χ0) is 15.5. The second-order valence-electron chi connectivity index (χ2n) is 5.97. The van der Waals surface area contributed by atoms with E-state index in [4.69, 9.17) is 4.98 Å². The van der Waals surface area contributed by atoms with E-state index < -0.39 is 0 Å². The molecule has 3 rings (SSSR count). The summed E-state index contributed by atoms with van der Waals surface area (Å²) < 4.78 is 0. The third-order valence-corrected chi connectivity index (χ3v) is 3.88. The number of hydrogen-bond donors (Lipinski definition) is 0. The van der Waals surface area contributed by atoms with Gasteiger partial charge in [0.15, 0.2) is 0 Å². The maximum absolute atomic E-state index is 4.75. The van der Waals surface area contributed by atoms with Crippen molar-refractivity contribution in [1.29, 1.82) is 0 Å². The van der Waals surface area contributed by atoms with E-state index in [2.05, 4.69) is 38.8 Å². The largest absolute Gasteiger partial charge is 0.332 e. The summed E-state index contributed by atoms with van der Waals surface area (Å²) >= 11 is 0. The molecule has 0 aromatic carbocycles. The monoisotopic (exact) mass is 298 g/mol. The van der Waals surface area contributed by atoms with Gasteiger partial charge in [-0.2, -0.15) is 0 Å². The first-order chi connectivity index (χ1) is 10.6. The third-order valence-electron chi connectivity index (χ3n) is 3.88. The molecule has 3 heterocycles. The lowest BCUT2D eigenvalue weighted by molar-refractivity contribution is 0.397. The number of aromatic nitrogens is 4. The van der Waals surface area contributed by atoms with Crippen molar-refractivity contribution in [3.8, 4) is 0 Å². The van der Waals surface area contributed by atoms with Crippen LogP contribution in [0.1, 0.15) is 36.0 Å².